The molecule has 3 heterocycles. The van der Waals surface area contributed by atoms with Crippen LogP contribution in [-0.4, -0.2) is 33.8 Å². The fourth-order valence-corrected chi connectivity index (χ4v) is 2.82. The third-order valence-electron chi connectivity index (χ3n) is 3.36. The minimum absolute atomic E-state index is 0.0777. The number of nitrogens with two attached hydrogens (primary N) is 1. The molecule has 0 atom stereocenters. The lowest BCUT2D eigenvalue weighted by Crippen LogP contribution is -2.32. The van der Waals surface area contributed by atoms with Crippen LogP contribution in [0.1, 0.15) is 16.8 Å². The highest BCUT2D eigenvalue weighted by Gasteiger charge is 2.31. The van der Waals surface area contributed by atoms with Crippen molar-refractivity contribution in [2.75, 3.05) is 5.32 Å². The maximum absolute atomic E-state index is 11.9. The molecular weight excluding hydrogens is 320 g/mol. The maximum Gasteiger partial charge on any atom is 0.277 e. The molecule has 0 spiro atoms. The Morgan fingerprint density at radius 1 is 1.35 bits per heavy atom. The summed E-state index contributed by atoms with van der Waals surface area (Å²) in [4.78, 5) is 15.8. The molecule has 0 fully saturated rings. The fourth-order valence-electron chi connectivity index (χ4n) is 2.20. The summed E-state index contributed by atoms with van der Waals surface area (Å²) in [5.41, 5.74) is 2.07. The van der Waals surface area contributed by atoms with Crippen LogP contribution < -0.4 is 10.5 Å². The summed E-state index contributed by atoms with van der Waals surface area (Å²) in [5, 5.41) is 14.4. The average Bonchev–Trinajstić information content (AvgIpc) is 3.08. The van der Waals surface area contributed by atoms with E-state index in [2.05, 4.69) is 20.5 Å². The van der Waals surface area contributed by atoms with E-state index in [0.717, 1.165) is 9.87 Å². The quantitative estimate of drug-likeness (QED) is 0.675. The Hall–Kier alpha value is -2.56. The van der Waals surface area contributed by atoms with Crippen LogP contribution >= 0.6 is 0 Å². The molecule has 0 radical (unpaired) electrons. The normalized spacial score (nSPS) is 15.0. The van der Waals surface area contributed by atoms with E-state index < -0.39 is 10.2 Å². The Bertz CT molecular complexity index is 859. The van der Waals surface area contributed by atoms with Crippen LogP contribution in [0.4, 0.5) is 5.82 Å². The van der Waals surface area contributed by atoms with Crippen LogP contribution in [0.15, 0.2) is 30.6 Å². The summed E-state index contributed by atoms with van der Waals surface area (Å²) >= 11 is 0. The molecule has 0 unspecified atom stereocenters. The molecule has 2 aromatic heterocycles. The van der Waals surface area contributed by atoms with E-state index in [4.69, 9.17) is 5.14 Å². The summed E-state index contributed by atoms with van der Waals surface area (Å²) in [6.45, 7) is 0.193. The molecular formula is C13H14N6O3S. The van der Waals surface area contributed by atoms with Gasteiger partial charge < -0.3 is 5.32 Å². The van der Waals surface area contributed by atoms with Gasteiger partial charge in [0.05, 0.1) is 12.2 Å². The van der Waals surface area contributed by atoms with Gasteiger partial charge in [0.1, 0.15) is 0 Å². The second-order valence-corrected chi connectivity index (χ2v) is 6.49. The molecule has 1 aliphatic heterocycles. The van der Waals surface area contributed by atoms with Crippen molar-refractivity contribution in [3.05, 3.63) is 47.4 Å². The summed E-state index contributed by atoms with van der Waals surface area (Å²) in [7, 11) is -3.78. The fraction of sp³-hybridized carbons (Fsp3) is 0.154. The third kappa shape index (κ3) is 3.44. The highest BCUT2D eigenvalue weighted by molar-refractivity contribution is 7.86. The van der Waals surface area contributed by atoms with Gasteiger partial charge in [0.15, 0.2) is 5.82 Å². The second kappa shape index (κ2) is 5.91. The molecule has 0 bridgehead atoms. The molecule has 120 valence electrons. The van der Waals surface area contributed by atoms with Crippen LogP contribution in [0.2, 0.25) is 0 Å². The van der Waals surface area contributed by atoms with Gasteiger partial charge in [-0.3, -0.25) is 14.9 Å². The van der Waals surface area contributed by atoms with Crippen molar-refractivity contribution >= 4 is 28.0 Å². The van der Waals surface area contributed by atoms with E-state index in [0.29, 0.717) is 17.1 Å². The molecule has 9 nitrogen and oxygen atoms in total. The number of rotatable bonds is 4. The van der Waals surface area contributed by atoms with Gasteiger partial charge in [0.25, 0.3) is 10.2 Å². The Kier molecular flexibility index (Phi) is 3.94. The third-order valence-corrected chi connectivity index (χ3v) is 4.33. The smallest absolute Gasteiger partial charge is 0.277 e. The van der Waals surface area contributed by atoms with Gasteiger partial charge >= 0.3 is 0 Å². The maximum atomic E-state index is 11.9. The lowest BCUT2D eigenvalue weighted by molar-refractivity contribution is -0.111. The zero-order valence-electron chi connectivity index (χ0n) is 11.9. The molecule has 2 aromatic rings. The molecule has 0 saturated carbocycles. The number of hydrogen-bond donors (Lipinski definition) is 3. The van der Waals surface area contributed by atoms with Crippen molar-refractivity contribution in [3.63, 3.8) is 0 Å². The summed E-state index contributed by atoms with van der Waals surface area (Å²) in [6.07, 6.45) is 6.25. The minimum atomic E-state index is -3.78. The van der Waals surface area contributed by atoms with Crippen molar-refractivity contribution < 1.29 is 13.2 Å². The highest BCUT2D eigenvalue weighted by atomic mass is 32.2. The predicted octanol–water partition coefficient (Wildman–Crippen LogP) is -0.0243. The first-order valence-electron chi connectivity index (χ1n) is 6.66. The lowest BCUT2D eigenvalue weighted by atomic mass is 10.2. The lowest BCUT2D eigenvalue weighted by Gasteiger charge is -2.10. The minimum Gasteiger partial charge on any atom is -0.305 e. The van der Waals surface area contributed by atoms with E-state index >= 15 is 0 Å². The molecule has 10 heteroatoms. The van der Waals surface area contributed by atoms with E-state index in [1.165, 1.54) is 6.08 Å². The topological polar surface area (TPSA) is 134 Å². The van der Waals surface area contributed by atoms with Crippen molar-refractivity contribution in [2.24, 2.45) is 5.14 Å². The number of aromatic nitrogens is 3. The van der Waals surface area contributed by atoms with E-state index in [-0.39, 0.29) is 19.0 Å². The van der Waals surface area contributed by atoms with E-state index in [9.17, 15) is 13.2 Å². The number of carbonyl (C=O) groups excluding carboxylic acids is 1. The summed E-state index contributed by atoms with van der Waals surface area (Å²) < 4.78 is 23.8. The molecule has 0 aromatic carbocycles. The number of nitrogens with one attached hydrogen (secondary N) is 2. The Balaban J connectivity index is 1.69. The standard InChI is InChI=1S/C13H14N6O3S/c14-23(21,22)19-7-10-11(8-19)17-18-13(10)16-12(20)2-1-9-3-5-15-6-4-9/h1-6H,7-8H2,(H2,14,21,22)(H2,16,17,18,20). The molecule has 0 aliphatic carbocycles. The molecule has 3 rings (SSSR count). The van der Waals surface area contributed by atoms with Crippen molar-refractivity contribution in [1.82, 2.24) is 19.5 Å². The van der Waals surface area contributed by atoms with Crippen molar-refractivity contribution in [2.45, 2.75) is 13.1 Å². The zero-order chi connectivity index (χ0) is 16.4. The van der Waals surface area contributed by atoms with Gasteiger partial charge in [-0.05, 0) is 23.8 Å². The van der Waals surface area contributed by atoms with Gasteiger partial charge in [-0.15, -0.1) is 0 Å². The van der Waals surface area contributed by atoms with Gasteiger partial charge in [-0.2, -0.15) is 17.8 Å². The number of fused-ring (bicyclic) bond motifs is 1. The van der Waals surface area contributed by atoms with Gasteiger partial charge in [-0.1, -0.05) is 0 Å². The number of aromatic amines is 1. The molecule has 4 N–H and O–H groups in total. The molecule has 1 aliphatic rings. The Morgan fingerprint density at radius 3 is 2.78 bits per heavy atom. The van der Waals surface area contributed by atoms with Crippen LogP contribution in [0.25, 0.3) is 6.08 Å². The van der Waals surface area contributed by atoms with Crippen LogP contribution in [0.5, 0.6) is 0 Å². The number of hydrogen-bond acceptors (Lipinski definition) is 5. The highest BCUT2D eigenvalue weighted by Crippen LogP contribution is 2.27. The number of H-pyrrole nitrogens is 1. The number of carbonyl (C=O) groups is 1. The molecule has 1 amide bonds. The van der Waals surface area contributed by atoms with E-state index in [1.54, 1.807) is 30.6 Å². The predicted molar refractivity (Wildman–Crippen MR) is 82.8 cm³/mol. The molecule has 0 saturated heterocycles. The number of anilines is 1. The van der Waals surface area contributed by atoms with Crippen LogP contribution in [0.3, 0.4) is 0 Å². The summed E-state index contributed by atoms with van der Waals surface area (Å²) in [5.74, 6) is -0.0688. The summed E-state index contributed by atoms with van der Waals surface area (Å²) in [6, 6.07) is 3.53. The Labute approximate surface area is 132 Å². The number of amides is 1. The van der Waals surface area contributed by atoms with Crippen molar-refractivity contribution in [3.8, 4) is 0 Å². The first kappa shape index (κ1) is 15.3. The second-order valence-electron chi connectivity index (χ2n) is 4.95. The first-order chi connectivity index (χ1) is 10.9. The number of nitrogens with zero attached hydrogens (tertiary/aromatic N) is 3. The van der Waals surface area contributed by atoms with Crippen LogP contribution in [-0.2, 0) is 28.1 Å². The SMILES string of the molecule is NS(=O)(=O)N1Cc2[nH]nc(NC(=O)C=Cc3ccncc3)c2C1. The largest absolute Gasteiger partial charge is 0.305 e. The first-order valence-corrected chi connectivity index (χ1v) is 8.17. The van der Waals surface area contributed by atoms with Gasteiger partial charge in [-0.25, -0.2) is 5.14 Å². The van der Waals surface area contributed by atoms with Crippen LogP contribution in [0, 0.1) is 0 Å². The van der Waals surface area contributed by atoms with Crippen molar-refractivity contribution in [1.29, 1.82) is 0 Å². The number of pyridine rings is 1. The van der Waals surface area contributed by atoms with Gasteiger partial charge in [0, 0.05) is 30.6 Å². The Morgan fingerprint density at radius 2 is 2.09 bits per heavy atom. The van der Waals surface area contributed by atoms with Gasteiger partial charge in [0.2, 0.25) is 5.91 Å². The molecule has 23 heavy (non-hydrogen) atoms. The van der Waals surface area contributed by atoms with E-state index in [1.807, 2.05) is 0 Å². The zero-order valence-corrected chi connectivity index (χ0v) is 12.7. The monoisotopic (exact) mass is 334 g/mol. The average molecular weight is 334 g/mol.